The topological polar surface area (TPSA) is 49.4 Å². The van der Waals surface area contributed by atoms with Crippen LogP contribution in [-0.2, 0) is 15.0 Å². The summed E-state index contributed by atoms with van der Waals surface area (Å²) in [5, 5.41) is 2.40. The molecule has 4 nitrogen and oxygen atoms in total. The van der Waals surface area contributed by atoms with Crippen LogP contribution in [0.4, 0.5) is 5.69 Å². The van der Waals surface area contributed by atoms with Crippen molar-refractivity contribution in [3.05, 3.63) is 29.8 Å². The van der Waals surface area contributed by atoms with Crippen molar-refractivity contribution in [2.75, 3.05) is 18.0 Å². The molecule has 3 rings (SSSR count). The lowest BCUT2D eigenvalue weighted by molar-refractivity contribution is -0.126. The first kappa shape index (κ1) is 13.2. The van der Waals surface area contributed by atoms with Gasteiger partial charge in [0.05, 0.1) is 5.41 Å². The van der Waals surface area contributed by atoms with Gasteiger partial charge in [-0.05, 0) is 43.9 Å². The molecule has 2 aliphatic heterocycles. The third-order valence-electron chi connectivity index (χ3n) is 4.49. The van der Waals surface area contributed by atoms with Crippen LogP contribution in [-0.4, -0.2) is 24.9 Å². The molecule has 1 N–H and O–H groups in total. The van der Waals surface area contributed by atoms with E-state index >= 15 is 0 Å². The number of carbonyl (C=O) groups is 2. The number of amides is 2. The lowest BCUT2D eigenvalue weighted by Crippen LogP contribution is -2.33. The minimum Gasteiger partial charge on any atom is -0.372 e. The molecule has 2 fully saturated rings. The Labute approximate surface area is 119 Å². The van der Waals surface area contributed by atoms with Crippen LogP contribution in [0.2, 0.25) is 0 Å². The van der Waals surface area contributed by atoms with E-state index in [-0.39, 0.29) is 18.2 Å². The van der Waals surface area contributed by atoms with Crippen molar-refractivity contribution in [2.24, 2.45) is 0 Å². The van der Waals surface area contributed by atoms with E-state index in [9.17, 15) is 9.59 Å². The smallest absolute Gasteiger partial charge is 0.237 e. The number of carbonyl (C=O) groups excluding carboxylic acids is 2. The Morgan fingerprint density at radius 1 is 1.05 bits per heavy atom. The van der Waals surface area contributed by atoms with E-state index in [1.165, 1.54) is 24.9 Å². The molecule has 4 heteroatoms. The zero-order valence-corrected chi connectivity index (χ0v) is 11.8. The highest BCUT2D eigenvalue weighted by atomic mass is 16.2. The van der Waals surface area contributed by atoms with Crippen LogP contribution in [0.3, 0.4) is 0 Å². The predicted molar refractivity (Wildman–Crippen MR) is 77.6 cm³/mol. The van der Waals surface area contributed by atoms with E-state index in [2.05, 4.69) is 22.3 Å². The lowest BCUT2D eigenvalue weighted by Gasteiger charge is -2.29. The van der Waals surface area contributed by atoms with E-state index in [1.54, 1.807) is 0 Å². The Hall–Kier alpha value is -1.84. The minimum absolute atomic E-state index is 0.183. The summed E-state index contributed by atoms with van der Waals surface area (Å²) in [7, 11) is 0. The fraction of sp³-hybridized carbons (Fsp3) is 0.500. The van der Waals surface area contributed by atoms with Crippen molar-refractivity contribution < 1.29 is 9.59 Å². The van der Waals surface area contributed by atoms with E-state index in [0.29, 0.717) is 0 Å². The Morgan fingerprint density at radius 3 is 2.25 bits per heavy atom. The Balaban J connectivity index is 1.82. The van der Waals surface area contributed by atoms with Crippen LogP contribution in [0, 0.1) is 0 Å². The van der Waals surface area contributed by atoms with Crippen LogP contribution in [0.1, 0.15) is 38.2 Å². The van der Waals surface area contributed by atoms with Gasteiger partial charge in [-0.15, -0.1) is 0 Å². The molecule has 2 amide bonds. The second-order valence-corrected chi connectivity index (χ2v) is 5.98. The van der Waals surface area contributed by atoms with E-state index in [0.717, 1.165) is 18.7 Å². The Kier molecular flexibility index (Phi) is 3.24. The molecule has 2 heterocycles. The second-order valence-electron chi connectivity index (χ2n) is 5.98. The lowest BCUT2D eigenvalue weighted by atomic mass is 9.81. The summed E-state index contributed by atoms with van der Waals surface area (Å²) < 4.78 is 0. The molecule has 1 aromatic rings. The number of rotatable bonds is 2. The van der Waals surface area contributed by atoms with E-state index < -0.39 is 5.41 Å². The van der Waals surface area contributed by atoms with Gasteiger partial charge in [-0.2, -0.15) is 0 Å². The fourth-order valence-corrected chi connectivity index (χ4v) is 3.14. The molecule has 0 bridgehead atoms. The van der Waals surface area contributed by atoms with Crippen molar-refractivity contribution in [3.63, 3.8) is 0 Å². The van der Waals surface area contributed by atoms with Crippen LogP contribution in [0.25, 0.3) is 0 Å². The van der Waals surface area contributed by atoms with Gasteiger partial charge >= 0.3 is 0 Å². The zero-order chi connectivity index (χ0) is 14.2. The molecule has 0 aliphatic carbocycles. The summed E-state index contributed by atoms with van der Waals surface area (Å²) in [6.07, 6.45) is 4.05. The summed E-state index contributed by atoms with van der Waals surface area (Å²) in [5.41, 5.74) is 1.42. The number of piperidine rings is 1. The maximum Gasteiger partial charge on any atom is 0.237 e. The Bertz CT molecular complexity index is 532. The van der Waals surface area contributed by atoms with Gasteiger partial charge in [0.25, 0.3) is 0 Å². The number of imide groups is 1. The number of nitrogens with zero attached hydrogens (tertiary/aromatic N) is 1. The molecule has 1 atom stereocenters. The fourth-order valence-electron chi connectivity index (χ4n) is 3.14. The molecular weight excluding hydrogens is 252 g/mol. The molecule has 0 radical (unpaired) electrons. The normalized spacial score (nSPS) is 26.8. The van der Waals surface area contributed by atoms with Gasteiger partial charge in [0.2, 0.25) is 11.8 Å². The maximum atomic E-state index is 12.0. The van der Waals surface area contributed by atoms with Crippen LogP contribution in [0.5, 0.6) is 0 Å². The molecule has 106 valence electrons. The zero-order valence-electron chi connectivity index (χ0n) is 11.8. The van der Waals surface area contributed by atoms with Crippen LogP contribution < -0.4 is 10.2 Å². The van der Waals surface area contributed by atoms with Crippen molar-refractivity contribution in [3.8, 4) is 0 Å². The molecular formula is C16H20N2O2. The van der Waals surface area contributed by atoms with Gasteiger partial charge in [0.15, 0.2) is 0 Å². The Morgan fingerprint density at radius 2 is 1.70 bits per heavy atom. The largest absolute Gasteiger partial charge is 0.372 e. The van der Waals surface area contributed by atoms with Gasteiger partial charge in [-0.25, -0.2) is 0 Å². The van der Waals surface area contributed by atoms with Crippen LogP contribution in [0.15, 0.2) is 24.3 Å². The van der Waals surface area contributed by atoms with Crippen molar-refractivity contribution >= 4 is 17.5 Å². The van der Waals surface area contributed by atoms with Crippen LogP contribution >= 0.6 is 0 Å². The third-order valence-corrected chi connectivity index (χ3v) is 4.49. The number of benzene rings is 1. The van der Waals surface area contributed by atoms with E-state index in [4.69, 9.17) is 0 Å². The average molecular weight is 272 g/mol. The molecule has 2 saturated heterocycles. The highest BCUT2D eigenvalue weighted by molar-refractivity contribution is 6.08. The minimum atomic E-state index is -0.711. The van der Waals surface area contributed by atoms with Gasteiger partial charge in [0, 0.05) is 25.2 Å². The molecule has 20 heavy (non-hydrogen) atoms. The summed E-state index contributed by atoms with van der Waals surface area (Å²) in [6.45, 7) is 4.05. The van der Waals surface area contributed by atoms with Gasteiger partial charge in [0.1, 0.15) is 0 Å². The number of hydrogen-bond acceptors (Lipinski definition) is 3. The maximum absolute atomic E-state index is 12.0. The summed E-state index contributed by atoms with van der Waals surface area (Å²) >= 11 is 0. The number of anilines is 1. The average Bonchev–Trinajstić information content (AvgIpc) is 2.74. The first-order valence-corrected chi connectivity index (χ1v) is 7.29. The predicted octanol–water partition coefficient (Wildman–Crippen LogP) is 1.98. The monoisotopic (exact) mass is 272 g/mol. The van der Waals surface area contributed by atoms with Gasteiger partial charge in [-0.1, -0.05) is 12.1 Å². The summed E-state index contributed by atoms with van der Waals surface area (Å²) in [4.78, 5) is 25.8. The molecule has 0 aromatic heterocycles. The van der Waals surface area contributed by atoms with Crippen molar-refractivity contribution in [2.45, 2.75) is 38.0 Å². The highest BCUT2D eigenvalue weighted by Gasteiger charge is 2.43. The molecule has 0 spiro atoms. The first-order valence-electron chi connectivity index (χ1n) is 7.29. The highest BCUT2D eigenvalue weighted by Crippen LogP contribution is 2.33. The molecule has 1 unspecified atom stereocenters. The van der Waals surface area contributed by atoms with Gasteiger partial charge < -0.3 is 4.90 Å². The quantitative estimate of drug-likeness (QED) is 0.838. The standard InChI is InChI=1S/C16H20N2O2/c1-16(11-14(19)17-15(16)20)12-5-7-13(8-6-12)18-9-3-2-4-10-18/h5-8H,2-4,9-11H2,1H3,(H,17,19,20). The third kappa shape index (κ3) is 2.19. The number of hydrogen-bond donors (Lipinski definition) is 1. The summed E-state index contributed by atoms with van der Waals surface area (Å²) in [6, 6.07) is 8.12. The van der Waals surface area contributed by atoms with Crippen molar-refractivity contribution in [1.82, 2.24) is 5.32 Å². The summed E-state index contributed by atoms with van der Waals surface area (Å²) in [5.74, 6) is -0.370. The van der Waals surface area contributed by atoms with Crippen molar-refractivity contribution in [1.29, 1.82) is 0 Å². The van der Waals surface area contributed by atoms with E-state index in [1.807, 2.05) is 19.1 Å². The van der Waals surface area contributed by atoms with Gasteiger partial charge in [-0.3, -0.25) is 14.9 Å². The first-order chi connectivity index (χ1) is 9.59. The molecule has 2 aliphatic rings. The second kappa shape index (κ2) is 4.93. The molecule has 1 aromatic carbocycles. The SMILES string of the molecule is CC1(c2ccc(N3CCCCC3)cc2)CC(=O)NC1=O. The molecule has 0 saturated carbocycles. The number of nitrogens with one attached hydrogen (secondary N) is 1.